The summed E-state index contributed by atoms with van der Waals surface area (Å²) >= 11 is 3.25. The van der Waals surface area contributed by atoms with Crippen LogP contribution in [0.4, 0.5) is 5.82 Å². The molecule has 1 atom stereocenters. The molecule has 0 spiro atoms. The van der Waals surface area contributed by atoms with Crippen molar-refractivity contribution in [3.63, 3.8) is 0 Å². The lowest BCUT2D eigenvalue weighted by Gasteiger charge is -2.25. The third-order valence-corrected chi connectivity index (χ3v) is 3.11. The molecule has 6 heteroatoms. The van der Waals surface area contributed by atoms with E-state index in [4.69, 9.17) is 5.73 Å². The predicted molar refractivity (Wildman–Crippen MR) is 68.7 cm³/mol. The van der Waals surface area contributed by atoms with Crippen LogP contribution in [0.1, 0.15) is 13.8 Å². The Kier molecular flexibility index (Phi) is 4.95. The Bertz CT molecular complexity index is 393. The number of hydrogen-bond donors (Lipinski definition) is 2. The summed E-state index contributed by atoms with van der Waals surface area (Å²) in [5.74, 6) is 1.04. The number of aromatic nitrogens is 2. The van der Waals surface area contributed by atoms with Gasteiger partial charge >= 0.3 is 0 Å². The standard InChI is InChI=1S/C10H17BrN4O/c1-3-15(5-7(2)4-12)9-8(11)10(16)14-6-13-9/h6-7H,3-5,12H2,1-2H3,(H,13,14,16). The maximum absolute atomic E-state index is 11.4. The van der Waals surface area contributed by atoms with Crippen LogP contribution in [-0.4, -0.2) is 29.6 Å². The van der Waals surface area contributed by atoms with Gasteiger partial charge in [0, 0.05) is 13.1 Å². The van der Waals surface area contributed by atoms with Crippen molar-refractivity contribution in [2.24, 2.45) is 11.7 Å². The summed E-state index contributed by atoms with van der Waals surface area (Å²) in [6, 6.07) is 0. The number of nitrogens with one attached hydrogen (secondary N) is 1. The van der Waals surface area contributed by atoms with E-state index in [0.29, 0.717) is 22.8 Å². The zero-order valence-electron chi connectivity index (χ0n) is 9.53. The summed E-state index contributed by atoms with van der Waals surface area (Å²) in [6.07, 6.45) is 1.41. The number of anilines is 1. The maximum atomic E-state index is 11.4. The molecule has 1 heterocycles. The second kappa shape index (κ2) is 6.00. The normalized spacial score (nSPS) is 12.5. The van der Waals surface area contributed by atoms with Crippen LogP contribution in [0.5, 0.6) is 0 Å². The topological polar surface area (TPSA) is 75.0 Å². The fraction of sp³-hybridized carbons (Fsp3) is 0.600. The summed E-state index contributed by atoms with van der Waals surface area (Å²) in [5, 5.41) is 0. The quantitative estimate of drug-likeness (QED) is 0.846. The van der Waals surface area contributed by atoms with E-state index in [9.17, 15) is 4.79 Å². The van der Waals surface area contributed by atoms with E-state index in [-0.39, 0.29) is 5.56 Å². The molecule has 1 rings (SSSR count). The number of H-pyrrole nitrogens is 1. The van der Waals surface area contributed by atoms with Gasteiger partial charge in [0.1, 0.15) is 10.3 Å². The van der Waals surface area contributed by atoms with Crippen LogP contribution >= 0.6 is 15.9 Å². The lowest BCUT2D eigenvalue weighted by molar-refractivity contribution is 0.572. The van der Waals surface area contributed by atoms with Crippen LogP contribution in [0.25, 0.3) is 0 Å². The van der Waals surface area contributed by atoms with Gasteiger partial charge in [0.05, 0.1) is 6.33 Å². The largest absolute Gasteiger partial charge is 0.355 e. The van der Waals surface area contributed by atoms with E-state index in [0.717, 1.165) is 13.1 Å². The number of halogens is 1. The van der Waals surface area contributed by atoms with Crippen molar-refractivity contribution in [3.05, 3.63) is 21.2 Å². The van der Waals surface area contributed by atoms with Crippen LogP contribution in [0.2, 0.25) is 0 Å². The van der Waals surface area contributed by atoms with Crippen molar-refractivity contribution in [2.45, 2.75) is 13.8 Å². The summed E-state index contributed by atoms with van der Waals surface area (Å²) in [5.41, 5.74) is 5.43. The van der Waals surface area contributed by atoms with Crippen LogP contribution < -0.4 is 16.2 Å². The molecule has 1 unspecified atom stereocenters. The first-order chi connectivity index (χ1) is 7.60. The Morgan fingerprint density at radius 3 is 2.94 bits per heavy atom. The number of nitrogens with two attached hydrogens (primary N) is 1. The molecule has 0 aromatic carbocycles. The zero-order valence-corrected chi connectivity index (χ0v) is 11.1. The van der Waals surface area contributed by atoms with Crippen LogP contribution in [0.15, 0.2) is 15.6 Å². The van der Waals surface area contributed by atoms with Crippen molar-refractivity contribution in [1.82, 2.24) is 9.97 Å². The fourth-order valence-electron chi connectivity index (χ4n) is 1.41. The van der Waals surface area contributed by atoms with Gasteiger partial charge in [-0.1, -0.05) is 6.92 Å². The molecule has 0 aliphatic carbocycles. The molecule has 0 bridgehead atoms. The first-order valence-electron chi connectivity index (χ1n) is 5.28. The second-order valence-electron chi connectivity index (χ2n) is 3.75. The molecule has 3 N–H and O–H groups in total. The van der Waals surface area contributed by atoms with Gasteiger partial charge in [-0.2, -0.15) is 0 Å². The molecule has 0 radical (unpaired) electrons. The van der Waals surface area contributed by atoms with Gasteiger partial charge < -0.3 is 15.6 Å². The summed E-state index contributed by atoms with van der Waals surface area (Å²) in [4.78, 5) is 20.2. The van der Waals surface area contributed by atoms with Crippen molar-refractivity contribution >= 4 is 21.7 Å². The van der Waals surface area contributed by atoms with Crippen LogP contribution in [-0.2, 0) is 0 Å². The highest BCUT2D eigenvalue weighted by molar-refractivity contribution is 9.10. The number of hydrogen-bond acceptors (Lipinski definition) is 4. The molecule has 0 fully saturated rings. The highest BCUT2D eigenvalue weighted by atomic mass is 79.9. The highest BCUT2D eigenvalue weighted by Gasteiger charge is 2.14. The van der Waals surface area contributed by atoms with Crippen LogP contribution in [0, 0.1) is 5.92 Å². The third-order valence-electron chi connectivity index (χ3n) is 2.39. The van der Waals surface area contributed by atoms with E-state index in [1.807, 2.05) is 11.8 Å². The van der Waals surface area contributed by atoms with Gasteiger partial charge in [-0.05, 0) is 35.3 Å². The Balaban J connectivity index is 2.95. The molecule has 1 aromatic rings. The molecule has 90 valence electrons. The van der Waals surface area contributed by atoms with Gasteiger partial charge in [0.2, 0.25) is 0 Å². The minimum atomic E-state index is -0.163. The van der Waals surface area contributed by atoms with Crippen LogP contribution in [0.3, 0.4) is 0 Å². The van der Waals surface area contributed by atoms with E-state index in [2.05, 4.69) is 32.8 Å². The monoisotopic (exact) mass is 288 g/mol. The summed E-state index contributed by atoms with van der Waals surface area (Å²) in [7, 11) is 0. The molecular weight excluding hydrogens is 272 g/mol. The SMILES string of the molecule is CCN(CC(C)CN)c1nc[nH]c(=O)c1Br. The van der Waals surface area contributed by atoms with E-state index in [1.54, 1.807) is 0 Å². The van der Waals surface area contributed by atoms with Crippen molar-refractivity contribution < 1.29 is 0 Å². The van der Waals surface area contributed by atoms with E-state index >= 15 is 0 Å². The van der Waals surface area contributed by atoms with Crippen molar-refractivity contribution in [2.75, 3.05) is 24.5 Å². The number of aromatic amines is 1. The Morgan fingerprint density at radius 1 is 1.69 bits per heavy atom. The molecular formula is C10H17BrN4O. The van der Waals surface area contributed by atoms with Crippen molar-refractivity contribution in [3.8, 4) is 0 Å². The molecule has 0 saturated carbocycles. The zero-order chi connectivity index (χ0) is 12.1. The maximum Gasteiger partial charge on any atom is 0.267 e. The van der Waals surface area contributed by atoms with Gasteiger partial charge in [0.15, 0.2) is 0 Å². The first-order valence-corrected chi connectivity index (χ1v) is 6.07. The highest BCUT2D eigenvalue weighted by Crippen LogP contribution is 2.19. The molecule has 0 saturated heterocycles. The molecule has 5 nitrogen and oxygen atoms in total. The van der Waals surface area contributed by atoms with Gasteiger partial charge in [-0.25, -0.2) is 4.98 Å². The lowest BCUT2D eigenvalue weighted by atomic mass is 10.1. The van der Waals surface area contributed by atoms with Crippen molar-refractivity contribution in [1.29, 1.82) is 0 Å². The minimum absolute atomic E-state index is 0.163. The lowest BCUT2D eigenvalue weighted by Crippen LogP contribution is -2.33. The number of nitrogens with zero attached hydrogens (tertiary/aromatic N) is 2. The fourth-order valence-corrected chi connectivity index (χ4v) is 1.88. The minimum Gasteiger partial charge on any atom is -0.355 e. The molecule has 0 aliphatic heterocycles. The van der Waals surface area contributed by atoms with Gasteiger partial charge in [-0.3, -0.25) is 4.79 Å². The average molecular weight is 289 g/mol. The molecule has 0 amide bonds. The van der Waals surface area contributed by atoms with Gasteiger partial charge in [-0.15, -0.1) is 0 Å². The average Bonchev–Trinajstić information content (AvgIpc) is 2.29. The Labute approximate surface area is 103 Å². The molecule has 1 aromatic heterocycles. The Hall–Kier alpha value is -0.880. The number of rotatable bonds is 5. The molecule has 16 heavy (non-hydrogen) atoms. The first kappa shape index (κ1) is 13.2. The van der Waals surface area contributed by atoms with Gasteiger partial charge in [0.25, 0.3) is 5.56 Å². The van der Waals surface area contributed by atoms with E-state index in [1.165, 1.54) is 6.33 Å². The summed E-state index contributed by atoms with van der Waals surface area (Å²) in [6.45, 7) is 6.31. The smallest absolute Gasteiger partial charge is 0.267 e. The third kappa shape index (κ3) is 3.05. The summed E-state index contributed by atoms with van der Waals surface area (Å²) < 4.78 is 0.473. The predicted octanol–water partition coefficient (Wildman–Crippen LogP) is 0.953. The van der Waals surface area contributed by atoms with E-state index < -0.39 is 0 Å². The Morgan fingerprint density at radius 2 is 2.38 bits per heavy atom. The molecule has 0 aliphatic rings. The second-order valence-corrected chi connectivity index (χ2v) is 4.54.